The second-order valence-corrected chi connectivity index (χ2v) is 7.77. The molecule has 156 valence electrons. The molecule has 1 unspecified atom stereocenters. The molecular formula is C26H19FN4O. The minimum absolute atomic E-state index is 0.305. The van der Waals surface area contributed by atoms with E-state index in [1.54, 1.807) is 12.1 Å². The molecule has 2 aliphatic rings. The fourth-order valence-electron chi connectivity index (χ4n) is 4.32. The van der Waals surface area contributed by atoms with Gasteiger partial charge in [-0.05, 0) is 42.0 Å². The molecule has 32 heavy (non-hydrogen) atoms. The quantitative estimate of drug-likeness (QED) is 0.469. The third-order valence-corrected chi connectivity index (χ3v) is 5.86. The van der Waals surface area contributed by atoms with Crippen LogP contribution in [0, 0.1) is 5.82 Å². The van der Waals surface area contributed by atoms with E-state index in [2.05, 4.69) is 9.72 Å². The van der Waals surface area contributed by atoms with Crippen LogP contribution in [0.1, 0.15) is 22.4 Å². The van der Waals surface area contributed by atoms with Crippen LogP contribution in [0.25, 0.3) is 0 Å². The molecule has 6 heteroatoms. The highest BCUT2D eigenvalue weighted by Crippen LogP contribution is 2.44. The Morgan fingerprint density at radius 3 is 2.25 bits per heavy atom. The molecular weight excluding hydrogens is 403 g/mol. The van der Waals surface area contributed by atoms with Gasteiger partial charge >= 0.3 is 0 Å². The summed E-state index contributed by atoms with van der Waals surface area (Å²) in [6, 6.07) is 30.3. The number of hydrogen-bond donors (Lipinski definition) is 0. The zero-order valence-electron chi connectivity index (χ0n) is 17.1. The molecule has 3 heterocycles. The van der Waals surface area contributed by atoms with E-state index in [0.717, 1.165) is 28.1 Å². The molecule has 0 spiro atoms. The van der Waals surface area contributed by atoms with Gasteiger partial charge in [-0.2, -0.15) is 10.1 Å². The third-order valence-electron chi connectivity index (χ3n) is 5.86. The number of aromatic nitrogens is 1. The van der Waals surface area contributed by atoms with E-state index in [0.29, 0.717) is 12.4 Å². The Labute approximate surface area is 184 Å². The molecule has 0 saturated heterocycles. The molecule has 0 N–H and O–H groups in total. The highest BCUT2D eigenvalue weighted by atomic mass is 19.1. The van der Waals surface area contributed by atoms with Gasteiger partial charge < -0.3 is 9.40 Å². The average Bonchev–Trinajstić information content (AvgIpc) is 3.43. The molecule has 6 rings (SSSR count). The maximum absolute atomic E-state index is 13.6. The maximum Gasteiger partial charge on any atom is 0.296 e. The molecule has 0 fully saturated rings. The number of rotatable bonds is 3. The van der Waals surface area contributed by atoms with Crippen molar-refractivity contribution in [3.05, 3.63) is 131 Å². The second kappa shape index (κ2) is 7.20. The number of amidine groups is 1. The van der Waals surface area contributed by atoms with Crippen LogP contribution in [0.2, 0.25) is 0 Å². The first-order valence-electron chi connectivity index (χ1n) is 10.4. The molecule has 0 aliphatic carbocycles. The van der Waals surface area contributed by atoms with Gasteiger partial charge in [0.1, 0.15) is 5.82 Å². The lowest BCUT2D eigenvalue weighted by atomic mass is 9.97. The number of halogens is 1. The molecule has 0 radical (unpaired) electrons. The number of nitrogens with zero attached hydrogens (tertiary/aromatic N) is 4. The van der Waals surface area contributed by atoms with Gasteiger partial charge in [0.15, 0.2) is 5.84 Å². The van der Waals surface area contributed by atoms with E-state index in [1.807, 2.05) is 84.0 Å². The summed E-state index contributed by atoms with van der Waals surface area (Å²) in [6.45, 7) is 0.581. The lowest BCUT2D eigenvalue weighted by Gasteiger charge is -2.33. The van der Waals surface area contributed by atoms with Gasteiger partial charge in [-0.15, -0.1) is 0 Å². The Morgan fingerprint density at radius 1 is 0.781 bits per heavy atom. The van der Waals surface area contributed by atoms with Crippen LogP contribution >= 0.6 is 0 Å². The number of hydrazone groups is 1. The monoisotopic (exact) mass is 422 g/mol. The highest BCUT2D eigenvalue weighted by molar-refractivity contribution is 6.04. The Bertz CT molecular complexity index is 1330. The molecule has 0 bridgehead atoms. The number of benzene rings is 3. The summed E-state index contributed by atoms with van der Waals surface area (Å²) in [5.74, 6) is 0.220. The number of fused-ring (bicyclic) bond motifs is 3. The van der Waals surface area contributed by atoms with E-state index >= 15 is 0 Å². The molecule has 0 saturated carbocycles. The van der Waals surface area contributed by atoms with Crippen molar-refractivity contribution >= 4 is 11.5 Å². The molecule has 5 nitrogen and oxygen atoms in total. The minimum atomic E-state index is -1.08. The van der Waals surface area contributed by atoms with Gasteiger partial charge in [0, 0.05) is 17.3 Å². The van der Waals surface area contributed by atoms with Crippen molar-refractivity contribution in [2.75, 3.05) is 0 Å². The lowest BCUT2D eigenvalue weighted by molar-refractivity contribution is -0.0742. The molecule has 3 aromatic carbocycles. The van der Waals surface area contributed by atoms with Gasteiger partial charge in [0.05, 0.1) is 18.0 Å². The fourth-order valence-corrected chi connectivity index (χ4v) is 4.32. The van der Waals surface area contributed by atoms with Crippen LogP contribution in [0.5, 0.6) is 0 Å². The van der Waals surface area contributed by atoms with Gasteiger partial charge in [0.2, 0.25) is 0 Å². The normalized spacial score (nSPS) is 19.3. The summed E-state index contributed by atoms with van der Waals surface area (Å²) in [4.78, 5) is 6.27. The van der Waals surface area contributed by atoms with Crippen molar-refractivity contribution in [3.63, 3.8) is 0 Å². The van der Waals surface area contributed by atoms with E-state index in [1.165, 1.54) is 12.1 Å². The summed E-state index contributed by atoms with van der Waals surface area (Å²) in [6.07, 6.45) is 2.03. The Hall–Kier alpha value is -4.19. The Kier molecular flexibility index (Phi) is 4.18. The van der Waals surface area contributed by atoms with Crippen molar-refractivity contribution in [1.82, 2.24) is 9.58 Å². The fraction of sp³-hybridized carbons (Fsp3) is 0.0769. The van der Waals surface area contributed by atoms with Crippen LogP contribution in [0.3, 0.4) is 0 Å². The standard InChI is InChI=1S/C26H19FN4O/c27-22-15-13-20(14-16-22)25-29-32-26(21-10-5-2-6-11-21)24-12-7-17-30(24)18-23(28-31(25)26)19-8-3-1-4-9-19/h1-17H,18H2. The van der Waals surface area contributed by atoms with Gasteiger partial charge in [-0.3, -0.25) is 0 Å². The van der Waals surface area contributed by atoms with E-state index in [9.17, 15) is 4.39 Å². The van der Waals surface area contributed by atoms with Crippen LogP contribution in [-0.4, -0.2) is 21.1 Å². The molecule has 0 amide bonds. The average molecular weight is 422 g/mol. The summed E-state index contributed by atoms with van der Waals surface area (Å²) in [5.41, 5.74) is 3.35. The van der Waals surface area contributed by atoms with Crippen LogP contribution < -0.4 is 0 Å². The minimum Gasteiger partial charge on any atom is -0.351 e. The zero-order valence-corrected chi connectivity index (χ0v) is 17.1. The summed E-state index contributed by atoms with van der Waals surface area (Å²) in [7, 11) is 0. The van der Waals surface area contributed by atoms with Crippen LogP contribution in [-0.2, 0) is 17.1 Å². The van der Waals surface area contributed by atoms with E-state index in [4.69, 9.17) is 9.94 Å². The first-order valence-corrected chi connectivity index (χ1v) is 10.4. The third kappa shape index (κ3) is 2.76. The topological polar surface area (TPSA) is 42.1 Å². The molecule has 1 atom stereocenters. The van der Waals surface area contributed by atoms with Crippen LogP contribution in [0.15, 0.2) is 114 Å². The first kappa shape index (κ1) is 18.6. The van der Waals surface area contributed by atoms with Crippen molar-refractivity contribution in [1.29, 1.82) is 0 Å². The first-order chi connectivity index (χ1) is 15.8. The molecule has 2 aliphatic heterocycles. The number of oxime groups is 1. The van der Waals surface area contributed by atoms with Crippen molar-refractivity contribution in [2.24, 2.45) is 10.3 Å². The maximum atomic E-state index is 13.6. The van der Waals surface area contributed by atoms with E-state index in [-0.39, 0.29) is 5.82 Å². The predicted octanol–water partition coefficient (Wildman–Crippen LogP) is 4.94. The van der Waals surface area contributed by atoms with Crippen LogP contribution in [0.4, 0.5) is 4.39 Å². The Balaban J connectivity index is 1.61. The van der Waals surface area contributed by atoms with Gasteiger partial charge in [-0.1, -0.05) is 65.8 Å². The van der Waals surface area contributed by atoms with Gasteiger partial charge in [-0.25, -0.2) is 4.39 Å². The SMILES string of the molecule is Fc1ccc(C2=NOC3(c4ccccc4)c4cccn4CC(c4ccccc4)=NN23)cc1. The van der Waals surface area contributed by atoms with Crippen molar-refractivity contribution in [2.45, 2.75) is 12.3 Å². The smallest absolute Gasteiger partial charge is 0.296 e. The van der Waals surface area contributed by atoms with Crippen molar-refractivity contribution in [3.8, 4) is 0 Å². The Morgan fingerprint density at radius 2 is 1.50 bits per heavy atom. The summed E-state index contributed by atoms with van der Waals surface area (Å²) >= 11 is 0. The predicted molar refractivity (Wildman–Crippen MR) is 120 cm³/mol. The summed E-state index contributed by atoms with van der Waals surface area (Å²) in [5, 5.41) is 11.4. The molecule has 4 aromatic rings. The lowest BCUT2D eigenvalue weighted by Crippen LogP contribution is -2.44. The largest absolute Gasteiger partial charge is 0.351 e. The highest BCUT2D eigenvalue weighted by Gasteiger charge is 2.53. The second-order valence-electron chi connectivity index (χ2n) is 7.77. The van der Waals surface area contributed by atoms with Crippen molar-refractivity contribution < 1.29 is 9.23 Å². The van der Waals surface area contributed by atoms with E-state index < -0.39 is 5.72 Å². The summed E-state index contributed by atoms with van der Waals surface area (Å²) < 4.78 is 15.8. The number of hydrogen-bond acceptors (Lipinski definition) is 4. The zero-order chi connectivity index (χ0) is 21.5. The van der Waals surface area contributed by atoms with Gasteiger partial charge in [0.25, 0.3) is 5.72 Å². The molecule has 1 aromatic heterocycles.